The third-order valence-electron chi connectivity index (χ3n) is 3.36. The van der Waals surface area contributed by atoms with Crippen LogP contribution in [-0.2, 0) is 9.84 Å². The van der Waals surface area contributed by atoms with Crippen molar-refractivity contribution in [1.82, 2.24) is 5.32 Å². The molecule has 0 saturated heterocycles. The molecule has 2 amide bonds. The van der Waals surface area contributed by atoms with Gasteiger partial charge in [-0.3, -0.25) is 9.59 Å². The molecule has 6 nitrogen and oxygen atoms in total. The molecule has 0 unspecified atom stereocenters. The van der Waals surface area contributed by atoms with Gasteiger partial charge in [0.2, 0.25) is 0 Å². The van der Waals surface area contributed by atoms with Gasteiger partial charge >= 0.3 is 0 Å². The molecular formula is C18H20N2O4S. The third-order valence-corrected chi connectivity index (χ3v) is 4.51. The first-order valence-electron chi connectivity index (χ1n) is 7.70. The van der Waals surface area contributed by atoms with Crippen LogP contribution in [0.1, 0.15) is 34.6 Å². The number of sulfone groups is 1. The molecule has 132 valence electrons. The Bertz CT molecular complexity index is 888. The van der Waals surface area contributed by atoms with E-state index >= 15 is 0 Å². The van der Waals surface area contributed by atoms with E-state index in [9.17, 15) is 18.0 Å². The number of hydrogen-bond acceptors (Lipinski definition) is 4. The fraction of sp³-hybridized carbons (Fsp3) is 0.222. The van der Waals surface area contributed by atoms with E-state index in [1.807, 2.05) is 13.8 Å². The Balaban J connectivity index is 2.18. The lowest BCUT2D eigenvalue weighted by molar-refractivity contribution is 0.0942. The Kier molecular flexibility index (Phi) is 5.58. The van der Waals surface area contributed by atoms with Crippen molar-refractivity contribution in [3.05, 3.63) is 59.7 Å². The number of amides is 2. The molecule has 0 bridgehead atoms. The summed E-state index contributed by atoms with van der Waals surface area (Å²) in [5.74, 6) is -0.726. The van der Waals surface area contributed by atoms with Crippen LogP contribution in [0.3, 0.4) is 0 Å². The fourth-order valence-corrected chi connectivity index (χ4v) is 3.11. The Hall–Kier alpha value is -2.67. The van der Waals surface area contributed by atoms with Crippen LogP contribution in [-0.4, -0.2) is 32.5 Å². The van der Waals surface area contributed by atoms with E-state index in [1.165, 1.54) is 12.1 Å². The highest BCUT2D eigenvalue weighted by molar-refractivity contribution is 7.90. The standard InChI is InChI=1S/C18H20N2O4S/c1-12(2)19-17(21)13-8-10-14(11-9-13)20-18(22)15-6-4-5-7-16(15)25(3,23)24/h4-12H,1-3H3,(H,19,21)(H,20,22). The molecule has 0 aromatic heterocycles. The summed E-state index contributed by atoms with van der Waals surface area (Å²) in [5.41, 5.74) is 1.02. The summed E-state index contributed by atoms with van der Waals surface area (Å²) >= 11 is 0. The highest BCUT2D eigenvalue weighted by Gasteiger charge is 2.18. The Morgan fingerprint density at radius 1 is 0.920 bits per heavy atom. The van der Waals surface area contributed by atoms with Crippen molar-refractivity contribution < 1.29 is 18.0 Å². The molecule has 0 atom stereocenters. The lowest BCUT2D eigenvalue weighted by atomic mass is 10.1. The first-order valence-corrected chi connectivity index (χ1v) is 9.59. The van der Waals surface area contributed by atoms with Gasteiger partial charge in [-0.2, -0.15) is 0 Å². The number of benzene rings is 2. The minimum atomic E-state index is -3.51. The van der Waals surface area contributed by atoms with Gasteiger partial charge in [-0.1, -0.05) is 12.1 Å². The lowest BCUT2D eigenvalue weighted by Crippen LogP contribution is -2.30. The van der Waals surface area contributed by atoms with Crippen molar-refractivity contribution >= 4 is 27.3 Å². The summed E-state index contributed by atoms with van der Waals surface area (Å²) in [5, 5.41) is 5.42. The normalized spacial score (nSPS) is 11.2. The summed E-state index contributed by atoms with van der Waals surface area (Å²) in [4.78, 5) is 24.3. The molecule has 0 aliphatic heterocycles. The minimum Gasteiger partial charge on any atom is -0.350 e. The van der Waals surface area contributed by atoms with E-state index in [-0.39, 0.29) is 22.4 Å². The quantitative estimate of drug-likeness (QED) is 0.857. The van der Waals surface area contributed by atoms with E-state index in [2.05, 4.69) is 10.6 Å². The van der Waals surface area contributed by atoms with Gasteiger partial charge in [0.25, 0.3) is 11.8 Å². The third kappa shape index (κ3) is 4.90. The predicted octanol–water partition coefficient (Wildman–Crippen LogP) is 2.48. The van der Waals surface area contributed by atoms with E-state index in [4.69, 9.17) is 0 Å². The van der Waals surface area contributed by atoms with Gasteiger partial charge in [-0.25, -0.2) is 8.42 Å². The van der Waals surface area contributed by atoms with E-state index in [1.54, 1.807) is 36.4 Å². The maximum Gasteiger partial charge on any atom is 0.256 e. The van der Waals surface area contributed by atoms with Gasteiger partial charge in [0.1, 0.15) is 0 Å². The first-order chi connectivity index (χ1) is 11.7. The van der Waals surface area contributed by atoms with Crippen LogP contribution in [0, 0.1) is 0 Å². The van der Waals surface area contributed by atoms with E-state index in [0.29, 0.717) is 11.3 Å². The van der Waals surface area contributed by atoms with Crippen LogP contribution < -0.4 is 10.6 Å². The second kappa shape index (κ2) is 7.48. The highest BCUT2D eigenvalue weighted by Crippen LogP contribution is 2.18. The number of carbonyl (C=O) groups is 2. The molecule has 2 N–H and O–H groups in total. The van der Waals surface area contributed by atoms with Crippen LogP contribution in [0.2, 0.25) is 0 Å². The maximum atomic E-state index is 12.4. The van der Waals surface area contributed by atoms with Crippen LogP contribution in [0.15, 0.2) is 53.4 Å². The zero-order chi connectivity index (χ0) is 18.6. The molecule has 0 spiro atoms. The summed E-state index contributed by atoms with van der Waals surface area (Å²) in [7, 11) is -3.51. The summed E-state index contributed by atoms with van der Waals surface area (Å²) in [6, 6.07) is 12.4. The fourth-order valence-electron chi connectivity index (χ4n) is 2.23. The van der Waals surface area contributed by atoms with Crippen molar-refractivity contribution in [3.63, 3.8) is 0 Å². The summed E-state index contributed by atoms with van der Waals surface area (Å²) < 4.78 is 23.6. The van der Waals surface area contributed by atoms with E-state index < -0.39 is 15.7 Å². The average Bonchev–Trinajstić information content (AvgIpc) is 2.54. The largest absolute Gasteiger partial charge is 0.350 e. The van der Waals surface area contributed by atoms with Crippen molar-refractivity contribution in [1.29, 1.82) is 0 Å². The number of anilines is 1. The molecule has 0 fully saturated rings. The second-order valence-corrected chi connectivity index (χ2v) is 7.91. The predicted molar refractivity (Wildman–Crippen MR) is 96.5 cm³/mol. The van der Waals surface area contributed by atoms with Crippen molar-refractivity contribution in [2.45, 2.75) is 24.8 Å². The maximum absolute atomic E-state index is 12.4. The van der Waals surface area contributed by atoms with Crippen LogP contribution >= 0.6 is 0 Å². The molecule has 0 aliphatic carbocycles. The average molecular weight is 360 g/mol. The van der Waals surface area contributed by atoms with Crippen molar-refractivity contribution in [2.75, 3.05) is 11.6 Å². The van der Waals surface area contributed by atoms with Crippen LogP contribution in [0.5, 0.6) is 0 Å². The van der Waals surface area contributed by atoms with Crippen molar-refractivity contribution in [3.8, 4) is 0 Å². The summed E-state index contributed by atoms with van der Waals surface area (Å²) in [6.07, 6.45) is 1.06. The second-order valence-electron chi connectivity index (χ2n) is 5.93. The Labute approximate surface area is 147 Å². The van der Waals surface area contributed by atoms with Crippen LogP contribution in [0.4, 0.5) is 5.69 Å². The SMILES string of the molecule is CC(C)NC(=O)c1ccc(NC(=O)c2ccccc2S(C)(=O)=O)cc1. The molecule has 0 aliphatic rings. The molecule has 25 heavy (non-hydrogen) atoms. The first kappa shape index (κ1) is 18.7. The van der Waals surface area contributed by atoms with Crippen LogP contribution in [0.25, 0.3) is 0 Å². The minimum absolute atomic E-state index is 0.0272. The Morgan fingerprint density at radius 3 is 2.08 bits per heavy atom. The molecule has 0 radical (unpaired) electrons. The molecule has 7 heteroatoms. The van der Waals surface area contributed by atoms with Gasteiger partial charge in [-0.15, -0.1) is 0 Å². The lowest BCUT2D eigenvalue weighted by Gasteiger charge is -2.10. The van der Waals surface area contributed by atoms with Gasteiger partial charge in [-0.05, 0) is 50.2 Å². The molecule has 0 saturated carbocycles. The number of carbonyl (C=O) groups excluding carboxylic acids is 2. The molecule has 0 heterocycles. The number of nitrogens with one attached hydrogen (secondary N) is 2. The van der Waals surface area contributed by atoms with Gasteiger partial charge in [0.05, 0.1) is 10.5 Å². The highest BCUT2D eigenvalue weighted by atomic mass is 32.2. The molecule has 2 aromatic rings. The topological polar surface area (TPSA) is 92.3 Å². The number of hydrogen-bond donors (Lipinski definition) is 2. The Morgan fingerprint density at radius 2 is 1.52 bits per heavy atom. The zero-order valence-electron chi connectivity index (χ0n) is 14.2. The van der Waals surface area contributed by atoms with Gasteiger partial charge < -0.3 is 10.6 Å². The molecule has 2 rings (SSSR count). The summed E-state index contributed by atoms with van der Waals surface area (Å²) in [6.45, 7) is 3.73. The van der Waals surface area contributed by atoms with Gasteiger partial charge in [0.15, 0.2) is 9.84 Å². The number of rotatable bonds is 5. The molecular weight excluding hydrogens is 340 g/mol. The van der Waals surface area contributed by atoms with Gasteiger partial charge in [0, 0.05) is 23.5 Å². The smallest absolute Gasteiger partial charge is 0.256 e. The zero-order valence-corrected chi connectivity index (χ0v) is 15.1. The molecule has 2 aromatic carbocycles. The van der Waals surface area contributed by atoms with Crippen molar-refractivity contribution in [2.24, 2.45) is 0 Å². The monoisotopic (exact) mass is 360 g/mol. The van der Waals surface area contributed by atoms with E-state index in [0.717, 1.165) is 6.26 Å².